The standard InChI is InChI=1S/C13H14N6O2/c1-13(2,12(20)21)7-19-11(16-17-18-19)10-8-5-3-4-6-9(8)14-15-10/h3-6H,7H2,1-2H3,(H,14,15)(H,20,21). The number of aliphatic carboxylic acids is 1. The lowest BCUT2D eigenvalue weighted by Gasteiger charge is -2.18. The number of benzene rings is 1. The Morgan fingerprint density at radius 3 is 2.90 bits per heavy atom. The van der Waals surface area contributed by atoms with Crippen molar-refractivity contribution in [3.05, 3.63) is 24.3 Å². The maximum Gasteiger partial charge on any atom is 0.310 e. The van der Waals surface area contributed by atoms with E-state index >= 15 is 0 Å². The normalized spacial score (nSPS) is 11.9. The van der Waals surface area contributed by atoms with Crippen LogP contribution in [0.4, 0.5) is 0 Å². The summed E-state index contributed by atoms with van der Waals surface area (Å²) in [6.07, 6.45) is 0. The first-order valence-electron chi connectivity index (χ1n) is 6.42. The minimum Gasteiger partial charge on any atom is -0.481 e. The first-order chi connectivity index (χ1) is 9.99. The van der Waals surface area contributed by atoms with Gasteiger partial charge in [-0.1, -0.05) is 18.2 Å². The molecule has 3 rings (SSSR count). The number of tetrazole rings is 1. The van der Waals surface area contributed by atoms with Gasteiger partial charge in [-0.3, -0.25) is 9.89 Å². The summed E-state index contributed by atoms with van der Waals surface area (Å²) in [5.41, 5.74) is 0.507. The van der Waals surface area contributed by atoms with Gasteiger partial charge in [0.25, 0.3) is 0 Å². The summed E-state index contributed by atoms with van der Waals surface area (Å²) in [4.78, 5) is 11.3. The van der Waals surface area contributed by atoms with Gasteiger partial charge < -0.3 is 5.11 Å². The molecule has 0 unspecified atom stereocenters. The molecule has 0 saturated carbocycles. The molecule has 0 saturated heterocycles. The number of hydrogen-bond acceptors (Lipinski definition) is 5. The summed E-state index contributed by atoms with van der Waals surface area (Å²) in [5.74, 6) is -0.461. The van der Waals surface area contributed by atoms with Gasteiger partial charge in [0.2, 0.25) is 5.82 Å². The number of nitrogens with one attached hydrogen (secondary N) is 1. The number of aromatic amines is 1. The zero-order chi connectivity index (χ0) is 15.0. The van der Waals surface area contributed by atoms with Crippen molar-refractivity contribution >= 4 is 16.9 Å². The number of aromatic nitrogens is 6. The van der Waals surface area contributed by atoms with E-state index in [-0.39, 0.29) is 6.54 Å². The average molecular weight is 286 g/mol. The second-order valence-corrected chi connectivity index (χ2v) is 5.47. The Morgan fingerprint density at radius 1 is 1.38 bits per heavy atom. The van der Waals surface area contributed by atoms with E-state index in [0.29, 0.717) is 11.5 Å². The summed E-state index contributed by atoms with van der Waals surface area (Å²) in [7, 11) is 0. The molecule has 2 aromatic heterocycles. The van der Waals surface area contributed by atoms with Crippen LogP contribution in [0.25, 0.3) is 22.4 Å². The molecule has 8 heteroatoms. The van der Waals surface area contributed by atoms with Crippen LogP contribution in [0.15, 0.2) is 24.3 Å². The quantitative estimate of drug-likeness (QED) is 0.748. The fourth-order valence-corrected chi connectivity index (χ4v) is 2.06. The van der Waals surface area contributed by atoms with Crippen molar-refractivity contribution in [1.29, 1.82) is 0 Å². The molecule has 108 valence electrons. The van der Waals surface area contributed by atoms with Crippen LogP contribution in [-0.2, 0) is 11.3 Å². The smallest absolute Gasteiger partial charge is 0.310 e. The van der Waals surface area contributed by atoms with Crippen LogP contribution in [0.2, 0.25) is 0 Å². The summed E-state index contributed by atoms with van der Waals surface area (Å²) < 4.78 is 1.47. The van der Waals surface area contributed by atoms with Crippen molar-refractivity contribution in [2.75, 3.05) is 0 Å². The van der Waals surface area contributed by atoms with Gasteiger partial charge >= 0.3 is 5.97 Å². The SMILES string of the molecule is CC(C)(Cn1nnnc1-c1n[nH]c2ccccc12)C(=O)O. The lowest BCUT2D eigenvalue weighted by atomic mass is 9.94. The maximum absolute atomic E-state index is 11.3. The fourth-order valence-electron chi connectivity index (χ4n) is 2.06. The fraction of sp³-hybridized carbons (Fsp3) is 0.308. The molecule has 0 aliphatic carbocycles. The van der Waals surface area contributed by atoms with Gasteiger partial charge in [0.1, 0.15) is 5.69 Å². The zero-order valence-corrected chi connectivity index (χ0v) is 11.6. The van der Waals surface area contributed by atoms with E-state index in [1.54, 1.807) is 13.8 Å². The Balaban J connectivity index is 2.05. The summed E-state index contributed by atoms with van der Waals surface area (Å²) in [6.45, 7) is 3.42. The Morgan fingerprint density at radius 2 is 2.14 bits per heavy atom. The van der Waals surface area contributed by atoms with Crippen molar-refractivity contribution in [2.45, 2.75) is 20.4 Å². The second kappa shape index (κ2) is 4.65. The molecule has 2 N–H and O–H groups in total. The summed E-state index contributed by atoms with van der Waals surface area (Å²) in [6, 6.07) is 7.62. The summed E-state index contributed by atoms with van der Waals surface area (Å²) >= 11 is 0. The first-order valence-corrected chi connectivity index (χ1v) is 6.42. The van der Waals surface area contributed by atoms with Crippen LogP contribution >= 0.6 is 0 Å². The number of hydrogen-bond donors (Lipinski definition) is 2. The van der Waals surface area contributed by atoms with Gasteiger partial charge in [-0.05, 0) is 30.3 Å². The molecule has 0 spiro atoms. The van der Waals surface area contributed by atoms with Gasteiger partial charge in [0.15, 0.2) is 0 Å². The molecule has 0 amide bonds. The van der Waals surface area contributed by atoms with Gasteiger partial charge in [-0.15, -0.1) is 5.10 Å². The molecule has 0 aliphatic rings. The van der Waals surface area contributed by atoms with E-state index in [9.17, 15) is 9.90 Å². The second-order valence-electron chi connectivity index (χ2n) is 5.47. The third-order valence-corrected chi connectivity index (χ3v) is 3.34. The van der Waals surface area contributed by atoms with E-state index in [1.165, 1.54) is 4.68 Å². The molecule has 21 heavy (non-hydrogen) atoms. The third kappa shape index (κ3) is 2.24. The molecule has 3 aromatic rings. The van der Waals surface area contributed by atoms with Gasteiger partial charge in [0, 0.05) is 5.39 Å². The maximum atomic E-state index is 11.3. The van der Waals surface area contributed by atoms with Crippen LogP contribution in [0.1, 0.15) is 13.8 Å². The highest BCUT2D eigenvalue weighted by molar-refractivity contribution is 5.90. The van der Waals surface area contributed by atoms with Crippen molar-refractivity contribution in [3.8, 4) is 11.5 Å². The van der Waals surface area contributed by atoms with Crippen LogP contribution in [0, 0.1) is 5.41 Å². The van der Waals surface area contributed by atoms with E-state index < -0.39 is 11.4 Å². The van der Waals surface area contributed by atoms with Crippen LogP contribution in [0.5, 0.6) is 0 Å². The number of H-pyrrole nitrogens is 1. The third-order valence-electron chi connectivity index (χ3n) is 3.34. The Labute approximate surface area is 119 Å². The van der Waals surface area contributed by atoms with Crippen molar-refractivity contribution < 1.29 is 9.90 Å². The topological polar surface area (TPSA) is 110 Å². The predicted octanol–water partition coefficient (Wildman–Crippen LogP) is 1.33. The number of carboxylic acid groups (broad SMARTS) is 1. The molecule has 0 fully saturated rings. The minimum atomic E-state index is -0.976. The monoisotopic (exact) mass is 286 g/mol. The number of fused-ring (bicyclic) bond motifs is 1. The molecule has 2 heterocycles. The average Bonchev–Trinajstić information content (AvgIpc) is 3.04. The van der Waals surface area contributed by atoms with E-state index in [1.807, 2.05) is 24.3 Å². The summed E-state index contributed by atoms with van der Waals surface area (Å²) in [5, 5.41) is 28.8. The van der Waals surface area contributed by atoms with E-state index in [2.05, 4.69) is 25.7 Å². The Bertz CT molecular complexity index is 804. The molecule has 1 aromatic carbocycles. The Kier molecular flexibility index (Phi) is 2.93. The van der Waals surface area contributed by atoms with Crippen LogP contribution in [-0.4, -0.2) is 41.5 Å². The highest BCUT2D eigenvalue weighted by Crippen LogP contribution is 2.26. The van der Waals surface area contributed by atoms with Crippen molar-refractivity contribution in [3.63, 3.8) is 0 Å². The number of rotatable bonds is 4. The largest absolute Gasteiger partial charge is 0.481 e. The number of nitrogens with zero attached hydrogens (tertiary/aromatic N) is 5. The lowest BCUT2D eigenvalue weighted by molar-refractivity contribution is -0.147. The molecule has 0 radical (unpaired) electrons. The van der Waals surface area contributed by atoms with Crippen molar-refractivity contribution in [2.24, 2.45) is 5.41 Å². The van der Waals surface area contributed by atoms with Gasteiger partial charge in [-0.2, -0.15) is 5.10 Å². The number of carbonyl (C=O) groups is 1. The van der Waals surface area contributed by atoms with E-state index in [4.69, 9.17) is 0 Å². The molecule has 0 aliphatic heterocycles. The molecular formula is C13H14N6O2. The lowest BCUT2D eigenvalue weighted by Crippen LogP contribution is -2.30. The highest BCUT2D eigenvalue weighted by Gasteiger charge is 2.30. The van der Waals surface area contributed by atoms with Crippen LogP contribution in [0.3, 0.4) is 0 Å². The van der Waals surface area contributed by atoms with Crippen LogP contribution < -0.4 is 0 Å². The minimum absolute atomic E-state index is 0.159. The predicted molar refractivity (Wildman–Crippen MR) is 74.3 cm³/mol. The first kappa shape index (κ1) is 13.2. The number of carboxylic acids is 1. The van der Waals surface area contributed by atoms with Gasteiger partial charge in [-0.25, -0.2) is 4.68 Å². The molecule has 0 atom stereocenters. The Hall–Kier alpha value is -2.77. The zero-order valence-electron chi connectivity index (χ0n) is 11.6. The molecule has 8 nitrogen and oxygen atoms in total. The molecular weight excluding hydrogens is 272 g/mol. The number of para-hydroxylation sites is 1. The van der Waals surface area contributed by atoms with Crippen molar-refractivity contribution in [1.82, 2.24) is 30.4 Å². The van der Waals surface area contributed by atoms with E-state index in [0.717, 1.165) is 10.9 Å². The van der Waals surface area contributed by atoms with Gasteiger partial charge in [0.05, 0.1) is 17.5 Å². The molecule has 0 bridgehead atoms. The highest BCUT2D eigenvalue weighted by atomic mass is 16.4.